The lowest BCUT2D eigenvalue weighted by molar-refractivity contribution is -0.189. The Morgan fingerprint density at radius 2 is 1.53 bits per heavy atom. The van der Waals surface area contributed by atoms with Crippen molar-refractivity contribution in [3.63, 3.8) is 0 Å². The SMILES string of the molecule is CCCC1C[C@@H](C(=O)N[C@H](C=O)[C@H]2OC(SC)C(O[Si](C)(C)C)C(O[Si](C)(C)C)C2O[Si](C)(C)C)N(C)C1. The molecular weight excluding hydrogens is 553 g/mol. The number of likely N-dealkylation sites (tertiary alicyclic amines) is 1. The largest absolute Gasteiger partial charge is 0.409 e. The van der Waals surface area contributed by atoms with Crippen LogP contribution in [0.3, 0.4) is 0 Å². The number of nitrogens with zero attached hydrogens (tertiary/aromatic N) is 1. The van der Waals surface area contributed by atoms with Crippen LogP contribution in [0.5, 0.6) is 0 Å². The lowest BCUT2D eigenvalue weighted by Crippen LogP contribution is -2.68. The Bertz CT molecular complexity index is 788. The summed E-state index contributed by atoms with van der Waals surface area (Å²) in [6.45, 7) is 22.4. The summed E-state index contributed by atoms with van der Waals surface area (Å²) in [5.74, 6) is 0.376. The van der Waals surface area contributed by atoms with Crippen molar-refractivity contribution in [1.82, 2.24) is 10.2 Å². The Morgan fingerprint density at radius 1 is 1.00 bits per heavy atom. The standard InChI is InChI=1S/C26H54N2O6SSi3/c1-13-14-18-15-20(28(2)16-18)25(30)27-19(17-29)21-22(32-36(4,5)6)23(33-37(7,8)9)24(26(31-21)35-3)34-38(10,11)12/h17-24,26H,13-16H2,1-12H3,(H,27,30)/t18?,19-,20+,21-,22?,23?,24?,26?/m1/s1. The summed E-state index contributed by atoms with van der Waals surface area (Å²) < 4.78 is 26.9. The molecule has 222 valence electrons. The van der Waals surface area contributed by atoms with Crippen molar-refractivity contribution < 1.29 is 27.6 Å². The molecule has 0 aromatic carbocycles. The molecule has 2 heterocycles. The number of hydrogen-bond donors (Lipinski definition) is 1. The molecule has 38 heavy (non-hydrogen) atoms. The van der Waals surface area contributed by atoms with E-state index in [0.29, 0.717) is 5.92 Å². The van der Waals surface area contributed by atoms with Gasteiger partial charge in [-0.15, -0.1) is 11.8 Å². The van der Waals surface area contributed by atoms with Crippen molar-refractivity contribution >= 4 is 48.9 Å². The summed E-state index contributed by atoms with van der Waals surface area (Å²) in [7, 11) is -4.15. The maximum Gasteiger partial charge on any atom is 0.238 e. The zero-order valence-electron chi connectivity index (χ0n) is 25.8. The van der Waals surface area contributed by atoms with E-state index in [1.807, 2.05) is 13.3 Å². The van der Waals surface area contributed by atoms with E-state index in [4.69, 9.17) is 18.0 Å². The van der Waals surface area contributed by atoms with Gasteiger partial charge in [0.15, 0.2) is 25.0 Å². The smallest absolute Gasteiger partial charge is 0.238 e. The third-order valence-corrected chi connectivity index (χ3v) is 10.5. The number of aldehydes is 1. The van der Waals surface area contributed by atoms with Crippen molar-refractivity contribution in [3.05, 3.63) is 0 Å². The molecule has 2 rings (SSSR count). The molecule has 1 N–H and O–H groups in total. The fourth-order valence-electron chi connectivity index (χ4n) is 5.42. The van der Waals surface area contributed by atoms with E-state index in [9.17, 15) is 9.59 Å². The molecule has 12 heteroatoms. The molecule has 8 nitrogen and oxygen atoms in total. The third kappa shape index (κ3) is 10.1. The number of hydrogen-bond acceptors (Lipinski definition) is 8. The van der Waals surface area contributed by atoms with Crippen molar-refractivity contribution in [1.29, 1.82) is 0 Å². The number of carbonyl (C=O) groups is 2. The maximum atomic E-state index is 13.5. The maximum absolute atomic E-state index is 13.5. The molecule has 0 saturated carbocycles. The molecule has 0 aliphatic carbocycles. The van der Waals surface area contributed by atoms with Gasteiger partial charge in [-0.2, -0.15) is 0 Å². The number of ether oxygens (including phenoxy) is 1. The van der Waals surface area contributed by atoms with Crippen LogP contribution < -0.4 is 5.32 Å². The van der Waals surface area contributed by atoms with E-state index >= 15 is 0 Å². The number of likely N-dealkylation sites (N-methyl/N-ethyl adjacent to an activating group) is 1. The minimum atomic E-state index is -2.11. The lowest BCUT2D eigenvalue weighted by atomic mass is 9.94. The summed E-state index contributed by atoms with van der Waals surface area (Å²) in [5, 5.41) is 3.05. The predicted octanol–water partition coefficient (Wildman–Crippen LogP) is 4.54. The average molecular weight is 607 g/mol. The average Bonchev–Trinajstić information content (AvgIpc) is 3.12. The van der Waals surface area contributed by atoms with E-state index in [1.54, 1.807) is 11.8 Å². The van der Waals surface area contributed by atoms with E-state index < -0.39 is 49.3 Å². The Kier molecular flexibility index (Phi) is 12.3. The van der Waals surface area contributed by atoms with Crippen LogP contribution in [-0.2, 0) is 27.6 Å². The van der Waals surface area contributed by atoms with Crippen molar-refractivity contribution in [2.45, 2.75) is 127 Å². The predicted molar refractivity (Wildman–Crippen MR) is 164 cm³/mol. The molecular formula is C26H54N2O6SSi3. The Balaban J connectivity index is 2.44. The number of rotatable bonds is 13. The van der Waals surface area contributed by atoms with Crippen LogP contribution in [0.15, 0.2) is 0 Å². The van der Waals surface area contributed by atoms with Crippen LogP contribution in [0.1, 0.15) is 26.2 Å². The molecule has 0 aromatic heterocycles. The van der Waals surface area contributed by atoms with Gasteiger partial charge in [-0.3, -0.25) is 9.69 Å². The highest BCUT2D eigenvalue weighted by atomic mass is 32.2. The molecule has 1 amide bonds. The number of nitrogens with one attached hydrogen (secondary N) is 1. The first-order valence-corrected chi connectivity index (χ1v) is 25.6. The normalized spacial score (nSPS) is 32.3. The van der Waals surface area contributed by atoms with E-state index in [0.717, 1.165) is 32.1 Å². The van der Waals surface area contributed by atoms with Crippen LogP contribution >= 0.6 is 11.8 Å². The number of thioether (sulfide) groups is 1. The van der Waals surface area contributed by atoms with Gasteiger partial charge in [0.1, 0.15) is 42.2 Å². The van der Waals surface area contributed by atoms with Crippen LogP contribution in [0.2, 0.25) is 58.9 Å². The third-order valence-electron chi connectivity index (χ3n) is 6.68. The molecule has 2 aliphatic rings. The highest BCUT2D eigenvalue weighted by Crippen LogP contribution is 2.37. The fraction of sp³-hybridized carbons (Fsp3) is 0.923. The summed E-state index contributed by atoms with van der Waals surface area (Å²) in [5.41, 5.74) is -0.350. The minimum absolute atomic E-state index is 0.123. The summed E-state index contributed by atoms with van der Waals surface area (Å²) in [6.07, 6.45) is 3.86. The quantitative estimate of drug-likeness (QED) is 0.242. The molecule has 2 fully saturated rings. The van der Waals surface area contributed by atoms with Crippen LogP contribution in [0.25, 0.3) is 0 Å². The van der Waals surface area contributed by atoms with Crippen LogP contribution in [0.4, 0.5) is 0 Å². The number of carbonyl (C=O) groups excluding carboxylic acids is 2. The topological polar surface area (TPSA) is 86.3 Å². The van der Waals surface area contributed by atoms with E-state index in [2.05, 4.69) is 76.1 Å². The van der Waals surface area contributed by atoms with Gasteiger partial charge in [0.05, 0.1) is 6.04 Å². The van der Waals surface area contributed by atoms with Crippen LogP contribution in [-0.4, -0.2) is 104 Å². The minimum Gasteiger partial charge on any atom is -0.409 e. The zero-order valence-corrected chi connectivity index (χ0v) is 29.6. The molecule has 0 radical (unpaired) electrons. The summed E-state index contributed by atoms with van der Waals surface area (Å²) in [6, 6.07) is -1.10. The molecule has 0 spiro atoms. The Hall–Kier alpha value is -0.0594. The molecule has 0 aromatic rings. The molecule has 2 saturated heterocycles. The first-order valence-electron chi connectivity index (χ1n) is 14.1. The van der Waals surface area contributed by atoms with E-state index in [1.165, 1.54) is 0 Å². The van der Waals surface area contributed by atoms with Gasteiger partial charge in [0.25, 0.3) is 0 Å². The monoisotopic (exact) mass is 606 g/mol. The van der Waals surface area contributed by atoms with Gasteiger partial charge in [-0.05, 0) is 91.0 Å². The molecule has 0 bridgehead atoms. The van der Waals surface area contributed by atoms with Gasteiger partial charge in [-0.25, -0.2) is 0 Å². The number of amides is 1. The van der Waals surface area contributed by atoms with Gasteiger partial charge < -0.3 is 28.1 Å². The van der Waals surface area contributed by atoms with E-state index in [-0.39, 0.29) is 23.5 Å². The second-order valence-corrected chi connectivity index (χ2v) is 28.1. The van der Waals surface area contributed by atoms with Gasteiger partial charge >= 0.3 is 0 Å². The van der Waals surface area contributed by atoms with Crippen LogP contribution in [0, 0.1) is 5.92 Å². The highest BCUT2D eigenvalue weighted by Gasteiger charge is 2.53. The van der Waals surface area contributed by atoms with Gasteiger partial charge in [0.2, 0.25) is 5.91 Å². The molecule has 2 aliphatic heterocycles. The Labute approximate surface area is 239 Å². The molecule has 8 atom stereocenters. The molecule has 5 unspecified atom stereocenters. The van der Waals surface area contributed by atoms with Crippen molar-refractivity contribution in [3.8, 4) is 0 Å². The highest BCUT2D eigenvalue weighted by molar-refractivity contribution is 7.99. The lowest BCUT2D eigenvalue weighted by Gasteiger charge is -2.51. The summed E-state index contributed by atoms with van der Waals surface area (Å²) >= 11 is 1.56. The second kappa shape index (κ2) is 13.7. The first-order chi connectivity index (χ1) is 17.4. The van der Waals surface area contributed by atoms with Crippen molar-refractivity contribution in [2.24, 2.45) is 5.92 Å². The zero-order chi connectivity index (χ0) is 29.1. The van der Waals surface area contributed by atoms with Gasteiger partial charge in [0, 0.05) is 6.54 Å². The second-order valence-electron chi connectivity index (χ2n) is 13.8. The summed E-state index contributed by atoms with van der Waals surface area (Å²) in [4.78, 5) is 28.2. The van der Waals surface area contributed by atoms with Crippen molar-refractivity contribution in [2.75, 3.05) is 19.8 Å². The Morgan fingerprint density at radius 3 is 2.00 bits per heavy atom. The van der Waals surface area contributed by atoms with Gasteiger partial charge in [-0.1, -0.05) is 13.3 Å². The fourth-order valence-corrected chi connectivity index (χ4v) is 9.48. The first kappa shape index (κ1) is 34.1.